The Morgan fingerprint density at radius 3 is 3.08 bits per heavy atom. The number of hydrogen-bond donors (Lipinski definition) is 1. The molecule has 0 atom stereocenters. The van der Waals surface area contributed by atoms with Crippen molar-refractivity contribution >= 4 is 5.82 Å². The van der Waals surface area contributed by atoms with Gasteiger partial charge in [0.15, 0.2) is 0 Å². The lowest BCUT2D eigenvalue weighted by molar-refractivity contribution is 0.881. The van der Waals surface area contributed by atoms with Crippen LogP contribution in [0.4, 0.5) is 5.82 Å². The van der Waals surface area contributed by atoms with Crippen LogP contribution in [0.3, 0.4) is 0 Å². The standard InChI is InChI=1S/C10H14N2/c1-8-3-2-6-11-10(8)12-7-9-4-5-9/h2-3,6,9H,4-5,7H2,1H3,(H,11,12). The maximum absolute atomic E-state index is 4.27. The van der Waals surface area contributed by atoms with Crippen LogP contribution in [0.25, 0.3) is 0 Å². The number of rotatable bonds is 3. The third-order valence-electron chi connectivity index (χ3n) is 2.26. The molecule has 0 unspecified atom stereocenters. The Hall–Kier alpha value is -1.05. The number of nitrogens with one attached hydrogen (secondary N) is 1. The Kier molecular flexibility index (Phi) is 1.98. The zero-order valence-electron chi connectivity index (χ0n) is 7.38. The van der Waals surface area contributed by atoms with Crippen molar-refractivity contribution < 1.29 is 0 Å². The van der Waals surface area contributed by atoms with E-state index in [1.165, 1.54) is 18.4 Å². The molecular formula is C10H14N2. The number of pyridine rings is 1. The Morgan fingerprint density at radius 2 is 2.42 bits per heavy atom. The van der Waals surface area contributed by atoms with Crippen LogP contribution in [0.15, 0.2) is 18.3 Å². The van der Waals surface area contributed by atoms with Crippen molar-refractivity contribution in [3.63, 3.8) is 0 Å². The second kappa shape index (κ2) is 3.13. The SMILES string of the molecule is Cc1cccnc1NCC1CC1. The normalized spacial score (nSPS) is 16.1. The molecule has 2 nitrogen and oxygen atoms in total. The highest BCUT2D eigenvalue weighted by atomic mass is 15.0. The minimum absolute atomic E-state index is 0.909. The van der Waals surface area contributed by atoms with E-state index in [2.05, 4.69) is 23.3 Å². The van der Waals surface area contributed by atoms with Crippen molar-refractivity contribution in [2.45, 2.75) is 19.8 Å². The summed E-state index contributed by atoms with van der Waals surface area (Å²) in [5.74, 6) is 1.95. The van der Waals surface area contributed by atoms with Gasteiger partial charge in [0.25, 0.3) is 0 Å². The van der Waals surface area contributed by atoms with E-state index in [9.17, 15) is 0 Å². The number of nitrogens with zero attached hydrogens (tertiary/aromatic N) is 1. The van der Waals surface area contributed by atoms with Gasteiger partial charge < -0.3 is 5.32 Å². The van der Waals surface area contributed by atoms with Gasteiger partial charge in [0, 0.05) is 12.7 Å². The van der Waals surface area contributed by atoms with Gasteiger partial charge in [-0.1, -0.05) is 6.07 Å². The summed E-state index contributed by atoms with van der Waals surface area (Å²) < 4.78 is 0. The second-order valence-corrected chi connectivity index (χ2v) is 3.49. The molecule has 0 amide bonds. The molecule has 1 aromatic heterocycles. The highest BCUT2D eigenvalue weighted by Crippen LogP contribution is 2.28. The van der Waals surface area contributed by atoms with Crippen LogP contribution in [0.5, 0.6) is 0 Å². The second-order valence-electron chi connectivity index (χ2n) is 3.49. The van der Waals surface area contributed by atoms with Gasteiger partial charge in [-0.25, -0.2) is 4.98 Å². The summed E-state index contributed by atoms with van der Waals surface area (Å²) in [5, 5.41) is 3.36. The van der Waals surface area contributed by atoms with Crippen LogP contribution >= 0.6 is 0 Å². The lowest BCUT2D eigenvalue weighted by Gasteiger charge is -2.06. The molecule has 0 aliphatic heterocycles. The third-order valence-corrected chi connectivity index (χ3v) is 2.26. The van der Waals surface area contributed by atoms with Crippen LogP contribution in [-0.4, -0.2) is 11.5 Å². The molecule has 64 valence electrons. The minimum Gasteiger partial charge on any atom is -0.370 e. The molecule has 2 heteroatoms. The summed E-state index contributed by atoms with van der Waals surface area (Å²) in [6.45, 7) is 3.18. The highest BCUT2D eigenvalue weighted by Gasteiger charge is 2.20. The van der Waals surface area contributed by atoms with E-state index in [0.29, 0.717) is 0 Å². The molecule has 1 aliphatic rings. The van der Waals surface area contributed by atoms with Crippen molar-refractivity contribution in [3.05, 3.63) is 23.9 Å². The van der Waals surface area contributed by atoms with E-state index in [4.69, 9.17) is 0 Å². The number of anilines is 1. The summed E-state index contributed by atoms with van der Waals surface area (Å²) in [6, 6.07) is 4.06. The van der Waals surface area contributed by atoms with E-state index in [1.807, 2.05) is 12.3 Å². The molecule has 1 fully saturated rings. The molecule has 0 aromatic carbocycles. The molecule has 1 heterocycles. The minimum atomic E-state index is 0.909. The van der Waals surface area contributed by atoms with Crippen molar-refractivity contribution in [1.82, 2.24) is 4.98 Å². The average molecular weight is 162 g/mol. The molecule has 1 aromatic rings. The summed E-state index contributed by atoms with van der Waals surface area (Å²) >= 11 is 0. The van der Waals surface area contributed by atoms with Gasteiger partial charge in [-0.15, -0.1) is 0 Å². The Balaban J connectivity index is 1.96. The molecule has 0 spiro atoms. The van der Waals surface area contributed by atoms with Crippen LogP contribution < -0.4 is 5.32 Å². The number of aryl methyl sites for hydroxylation is 1. The molecule has 0 radical (unpaired) electrons. The predicted molar refractivity (Wildman–Crippen MR) is 50.2 cm³/mol. The summed E-state index contributed by atoms with van der Waals surface area (Å²) in [4.78, 5) is 4.27. The molecule has 12 heavy (non-hydrogen) atoms. The first-order valence-corrected chi connectivity index (χ1v) is 4.52. The van der Waals surface area contributed by atoms with E-state index >= 15 is 0 Å². The van der Waals surface area contributed by atoms with E-state index in [0.717, 1.165) is 18.3 Å². The molecule has 2 rings (SSSR count). The first-order chi connectivity index (χ1) is 5.86. The van der Waals surface area contributed by atoms with Crippen LogP contribution in [0.2, 0.25) is 0 Å². The van der Waals surface area contributed by atoms with E-state index < -0.39 is 0 Å². The van der Waals surface area contributed by atoms with E-state index in [-0.39, 0.29) is 0 Å². The molecule has 0 saturated heterocycles. The zero-order chi connectivity index (χ0) is 8.39. The lowest BCUT2D eigenvalue weighted by Crippen LogP contribution is -2.05. The molecule has 1 N–H and O–H groups in total. The van der Waals surface area contributed by atoms with Crippen LogP contribution in [0, 0.1) is 12.8 Å². The van der Waals surface area contributed by atoms with Crippen molar-refractivity contribution in [2.24, 2.45) is 5.92 Å². The quantitative estimate of drug-likeness (QED) is 0.737. The fourth-order valence-corrected chi connectivity index (χ4v) is 1.23. The number of aromatic nitrogens is 1. The first kappa shape index (κ1) is 7.59. The van der Waals surface area contributed by atoms with Gasteiger partial charge in [0.1, 0.15) is 5.82 Å². The summed E-state index contributed by atoms with van der Waals surface area (Å²) in [6.07, 6.45) is 4.61. The highest BCUT2D eigenvalue weighted by molar-refractivity contribution is 5.42. The van der Waals surface area contributed by atoms with Crippen molar-refractivity contribution in [1.29, 1.82) is 0 Å². The summed E-state index contributed by atoms with van der Waals surface area (Å²) in [7, 11) is 0. The Bertz CT molecular complexity index is 266. The van der Waals surface area contributed by atoms with Gasteiger partial charge in [0.2, 0.25) is 0 Å². The molecule has 1 aliphatic carbocycles. The van der Waals surface area contributed by atoms with E-state index in [1.54, 1.807) is 0 Å². The third kappa shape index (κ3) is 1.76. The smallest absolute Gasteiger partial charge is 0.128 e. The molecule has 1 saturated carbocycles. The Labute approximate surface area is 73.0 Å². The fraction of sp³-hybridized carbons (Fsp3) is 0.500. The maximum Gasteiger partial charge on any atom is 0.128 e. The lowest BCUT2D eigenvalue weighted by atomic mass is 10.3. The Morgan fingerprint density at radius 1 is 1.58 bits per heavy atom. The van der Waals surface area contributed by atoms with Crippen LogP contribution in [0.1, 0.15) is 18.4 Å². The van der Waals surface area contributed by atoms with Gasteiger partial charge in [-0.05, 0) is 37.3 Å². The first-order valence-electron chi connectivity index (χ1n) is 4.52. The fourth-order valence-electron chi connectivity index (χ4n) is 1.23. The van der Waals surface area contributed by atoms with Gasteiger partial charge in [-0.2, -0.15) is 0 Å². The summed E-state index contributed by atoms with van der Waals surface area (Å²) in [5.41, 5.74) is 1.23. The van der Waals surface area contributed by atoms with Gasteiger partial charge >= 0.3 is 0 Å². The number of hydrogen-bond acceptors (Lipinski definition) is 2. The molecule has 0 bridgehead atoms. The van der Waals surface area contributed by atoms with Crippen molar-refractivity contribution in [3.8, 4) is 0 Å². The maximum atomic E-state index is 4.27. The monoisotopic (exact) mass is 162 g/mol. The van der Waals surface area contributed by atoms with Crippen LogP contribution in [-0.2, 0) is 0 Å². The molecular weight excluding hydrogens is 148 g/mol. The van der Waals surface area contributed by atoms with Crippen molar-refractivity contribution in [2.75, 3.05) is 11.9 Å². The predicted octanol–water partition coefficient (Wildman–Crippen LogP) is 2.21. The topological polar surface area (TPSA) is 24.9 Å². The zero-order valence-corrected chi connectivity index (χ0v) is 7.38. The van der Waals surface area contributed by atoms with Gasteiger partial charge in [-0.3, -0.25) is 0 Å². The largest absolute Gasteiger partial charge is 0.370 e. The average Bonchev–Trinajstić information content (AvgIpc) is 2.86. The van der Waals surface area contributed by atoms with Gasteiger partial charge in [0.05, 0.1) is 0 Å².